The van der Waals surface area contributed by atoms with E-state index in [1.807, 2.05) is 0 Å². The summed E-state index contributed by atoms with van der Waals surface area (Å²) in [5.74, 6) is -7.94. The van der Waals surface area contributed by atoms with E-state index in [0.717, 1.165) is 18.2 Å². The summed E-state index contributed by atoms with van der Waals surface area (Å²) >= 11 is 0. The van der Waals surface area contributed by atoms with E-state index in [-0.39, 0.29) is 11.1 Å². The van der Waals surface area contributed by atoms with Crippen LogP contribution < -0.4 is 25.5 Å². The first-order chi connectivity index (χ1) is 12.5. The highest BCUT2D eigenvalue weighted by atomic mass is 16.4. The van der Waals surface area contributed by atoms with Gasteiger partial charge >= 0.3 is 0 Å². The van der Waals surface area contributed by atoms with E-state index < -0.39 is 46.5 Å². The van der Waals surface area contributed by atoms with Gasteiger partial charge in [0, 0.05) is 11.1 Å². The van der Waals surface area contributed by atoms with Gasteiger partial charge in [0.25, 0.3) is 0 Å². The third-order valence-corrected chi connectivity index (χ3v) is 3.03. The van der Waals surface area contributed by atoms with Gasteiger partial charge in [0.15, 0.2) is 0 Å². The van der Waals surface area contributed by atoms with Crippen LogP contribution in [0, 0.1) is 0 Å². The SMILES string of the molecule is O=C([O-])c1ccc(C(=O)[O-])c(C(=O)[O-])c1.O=C([O-])c1cccc(C(=O)[O-])c1. The van der Waals surface area contributed by atoms with Crippen LogP contribution in [0.25, 0.3) is 0 Å². The van der Waals surface area contributed by atoms with Crippen LogP contribution in [0.3, 0.4) is 0 Å². The van der Waals surface area contributed by atoms with Crippen LogP contribution in [-0.2, 0) is 0 Å². The molecule has 0 aliphatic rings. The number of carbonyl (C=O) groups excluding carboxylic acids is 5. The first-order valence-corrected chi connectivity index (χ1v) is 6.85. The maximum Gasteiger partial charge on any atom is 0.0722 e. The van der Waals surface area contributed by atoms with Crippen LogP contribution in [0.1, 0.15) is 51.8 Å². The fourth-order valence-electron chi connectivity index (χ4n) is 1.79. The van der Waals surface area contributed by atoms with Crippen molar-refractivity contribution in [3.8, 4) is 0 Å². The number of carboxylic acids is 5. The topological polar surface area (TPSA) is 201 Å². The van der Waals surface area contributed by atoms with Gasteiger partial charge in [-0.25, -0.2) is 0 Å². The number of carbonyl (C=O) groups is 5. The highest BCUT2D eigenvalue weighted by Crippen LogP contribution is 2.10. The quantitative estimate of drug-likeness (QED) is 0.491. The Kier molecular flexibility index (Phi) is 6.76. The molecular weight excluding hydrogens is 364 g/mol. The number of aromatic carboxylic acids is 5. The number of hydrogen-bond acceptors (Lipinski definition) is 10. The zero-order chi connectivity index (χ0) is 20.7. The second-order valence-corrected chi connectivity index (χ2v) is 4.78. The van der Waals surface area contributed by atoms with Crippen LogP contribution >= 0.6 is 0 Å². The summed E-state index contributed by atoms with van der Waals surface area (Å²) in [6, 6.07) is 7.18. The third-order valence-electron chi connectivity index (χ3n) is 3.03. The van der Waals surface area contributed by atoms with Gasteiger partial charge in [-0.1, -0.05) is 30.3 Å². The fourth-order valence-corrected chi connectivity index (χ4v) is 1.79. The van der Waals surface area contributed by atoms with Gasteiger partial charge in [-0.05, 0) is 28.8 Å². The normalized spacial score (nSPS) is 9.48. The molecule has 0 spiro atoms. The van der Waals surface area contributed by atoms with Crippen LogP contribution in [0.4, 0.5) is 0 Å². The van der Waals surface area contributed by atoms with Gasteiger partial charge in [0.05, 0.1) is 29.8 Å². The predicted octanol–water partition coefficient (Wildman–Crippen LogP) is -4.81. The van der Waals surface area contributed by atoms with E-state index >= 15 is 0 Å². The lowest BCUT2D eigenvalue weighted by molar-refractivity contribution is -0.259. The molecule has 0 bridgehead atoms. The smallest absolute Gasteiger partial charge is 0.0722 e. The average Bonchev–Trinajstić information content (AvgIpc) is 2.61. The molecule has 27 heavy (non-hydrogen) atoms. The molecule has 0 radical (unpaired) electrons. The first kappa shape index (κ1) is 20.8. The van der Waals surface area contributed by atoms with Crippen LogP contribution in [0.15, 0.2) is 42.5 Å². The minimum absolute atomic E-state index is 0.170. The van der Waals surface area contributed by atoms with Crippen molar-refractivity contribution in [2.45, 2.75) is 0 Å². The van der Waals surface area contributed by atoms with Gasteiger partial charge in [-0.2, -0.15) is 0 Å². The molecule has 0 aliphatic heterocycles. The molecule has 0 fully saturated rings. The van der Waals surface area contributed by atoms with Crippen LogP contribution in [0.5, 0.6) is 0 Å². The first-order valence-electron chi connectivity index (χ1n) is 6.85. The molecule has 0 atom stereocenters. The fraction of sp³-hybridized carbons (Fsp3) is 0. The molecule has 2 rings (SSSR count). The van der Waals surface area contributed by atoms with Crippen molar-refractivity contribution in [2.75, 3.05) is 0 Å². The molecule has 0 N–H and O–H groups in total. The summed E-state index contributed by atoms with van der Waals surface area (Å²) in [5, 5.41) is 51.8. The summed E-state index contributed by atoms with van der Waals surface area (Å²) in [5.41, 5.74) is -2.18. The molecule has 0 unspecified atom stereocenters. The lowest BCUT2D eigenvalue weighted by Gasteiger charge is -2.13. The Labute approximate surface area is 150 Å². The Morgan fingerprint density at radius 2 is 0.889 bits per heavy atom. The van der Waals surface area contributed by atoms with Crippen molar-refractivity contribution in [3.05, 3.63) is 70.3 Å². The third kappa shape index (κ3) is 5.67. The summed E-state index contributed by atoms with van der Waals surface area (Å²) in [6.45, 7) is 0. The highest BCUT2D eigenvalue weighted by Gasteiger charge is 2.06. The largest absolute Gasteiger partial charge is 0.545 e. The van der Waals surface area contributed by atoms with Crippen molar-refractivity contribution in [2.24, 2.45) is 0 Å². The number of carboxylic acid groups (broad SMARTS) is 5. The second kappa shape index (κ2) is 8.76. The Morgan fingerprint density at radius 1 is 0.481 bits per heavy atom. The lowest BCUT2D eigenvalue weighted by Crippen LogP contribution is -2.31. The molecule has 0 heterocycles. The molecular formula is C17H7O10-5. The van der Waals surface area contributed by atoms with E-state index in [1.165, 1.54) is 18.2 Å². The van der Waals surface area contributed by atoms with Gasteiger partial charge in [0.1, 0.15) is 0 Å². The highest BCUT2D eigenvalue weighted by molar-refractivity contribution is 6.02. The number of benzene rings is 2. The number of rotatable bonds is 5. The molecule has 2 aromatic carbocycles. The van der Waals surface area contributed by atoms with Crippen molar-refractivity contribution < 1.29 is 49.5 Å². The molecule has 2 aromatic rings. The Morgan fingerprint density at radius 3 is 1.26 bits per heavy atom. The summed E-state index contributed by atoms with van der Waals surface area (Å²) in [7, 11) is 0. The molecule has 10 heteroatoms. The maximum atomic E-state index is 10.5. The van der Waals surface area contributed by atoms with Gasteiger partial charge < -0.3 is 49.5 Å². The standard InChI is InChI=1S/C9H6O6.C8H6O4/c10-7(11)4-1-2-5(8(12)13)6(3-4)9(14)15;9-7(10)5-2-1-3-6(4-5)8(11)12/h1-3H,(H,10,11)(H,12,13)(H,14,15);1-4H,(H,9,10)(H,11,12)/p-5. The van der Waals surface area contributed by atoms with E-state index in [4.69, 9.17) is 0 Å². The van der Waals surface area contributed by atoms with Crippen molar-refractivity contribution in [3.63, 3.8) is 0 Å². The Hall–Kier alpha value is -4.21. The predicted molar refractivity (Wildman–Crippen MR) is 74.5 cm³/mol. The van der Waals surface area contributed by atoms with Gasteiger partial charge in [0.2, 0.25) is 0 Å². The summed E-state index contributed by atoms with van der Waals surface area (Å²) in [6.07, 6.45) is 0. The van der Waals surface area contributed by atoms with E-state index in [1.54, 1.807) is 0 Å². The summed E-state index contributed by atoms with van der Waals surface area (Å²) in [4.78, 5) is 51.8. The Balaban J connectivity index is 0.000000277. The number of hydrogen-bond donors (Lipinski definition) is 0. The average molecular weight is 371 g/mol. The molecule has 140 valence electrons. The van der Waals surface area contributed by atoms with Crippen LogP contribution in [-0.4, -0.2) is 29.8 Å². The monoisotopic (exact) mass is 371 g/mol. The Bertz CT molecular complexity index is 900. The molecule has 0 aliphatic carbocycles. The minimum atomic E-state index is -1.79. The van der Waals surface area contributed by atoms with E-state index in [2.05, 4.69) is 0 Å². The lowest BCUT2D eigenvalue weighted by atomic mass is 10.0. The molecule has 0 saturated carbocycles. The minimum Gasteiger partial charge on any atom is -0.545 e. The van der Waals surface area contributed by atoms with Crippen molar-refractivity contribution >= 4 is 29.8 Å². The molecule has 10 nitrogen and oxygen atoms in total. The zero-order valence-corrected chi connectivity index (χ0v) is 13.1. The van der Waals surface area contributed by atoms with Crippen molar-refractivity contribution in [1.29, 1.82) is 0 Å². The zero-order valence-electron chi connectivity index (χ0n) is 13.1. The molecule has 0 aromatic heterocycles. The van der Waals surface area contributed by atoms with Crippen LogP contribution in [0.2, 0.25) is 0 Å². The van der Waals surface area contributed by atoms with E-state index in [9.17, 15) is 49.5 Å². The van der Waals surface area contributed by atoms with Gasteiger partial charge in [-0.15, -0.1) is 0 Å². The molecule has 0 saturated heterocycles. The summed E-state index contributed by atoms with van der Waals surface area (Å²) < 4.78 is 0. The van der Waals surface area contributed by atoms with Gasteiger partial charge in [-0.3, -0.25) is 0 Å². The van der Waals surface area contributed by atoms with Crippen molar-refractivity contribution in [1.82, 2.24) is 0 Å². The maximum absolute atomic E-state index is 10.5. The van der Waals surface area contributed by atoms with E-state index in [0.29, 0.717) is 6.07 Å². The second-order valence-electron chi connectivity index (χ2n) is 4.78. The molecule has 0 amide bonds.